The Hall–Kier alpha value is -2.24. The van der Waals surface area contributed by atoms with Crippen molar-refractivity contribution in [1.82, 2.24) is 10.3 Å². The van der Waals surface area contributed by atoms with Gasteiger partial charge in [0.15, 0.2) is 5.69 Å². The first-order chi connectivity index (χ1) is 8.58. The van der Waals surface area contributed by atoms with E-state index in [2.05, 4.69) is 20.3 Å². The predicted molar refractivity (Wildman–Crippen MR) is 63.2 cm³/mol. The van der Waals surface area contributed by atoms with Gasteiger partial charge in [0.1, 0.15) is 5.82 Å². The summed E-state index contributed by atoms with van der Waals surface area (Å²) < 4.78 is 17.4. The van der Waals surface area contributed by atoms with E-state index in [0.29, 0.717) is 11.3 Å². The number of rotatable bonds is 3. The molecule has 0 aliphatic heterocycles. The highest BCUT2D eigenvalue weighted by molar-refractivity contribution is 5.94. The third-order valence-corrected chi connectivity index (χ3v) is 2.37. The molecule has 6 heteroatoms. The Bertz CT molecular complexity index is 549. The van der Waals surface area contributed by atoms with Crippen molar-refractivity contribution in [1.29, 1.82) is 0 Å². The first-order valence-electron chi connectivity index (χ1n) is 5.47. The highest BCUT2D eigenvalue weighted by Crippen LogP contribution is 2.24. The maximum Gasteiger partial charge on any atom is 0.228 e. The molecule has 0 aliphatic rings. The largest absolute Gasteiger partial charge is 0.306 e. The summed E-state index contributed by atoms with van der Waals surface area (Å²) in [6, 6.07) is 5.69. The minimum absolute atomic E-state index is 0.178. The predicted octanol–water partition coefficient (Wildman–Crippen LogP) is 2.47. The first kappa shape index (κ1) is 12.2. The minimum atomic E-state index is -0.344. The van der Waals surface area contributed by atoms with Crippen LogP contribution in [0.1, 0.15) is 13.8 Å². The lowest BCUT2D eigenvalue weighted by atomic mass is 10.1. The molecule has 1 amide bonds. The van der Waals surface area contributed by atoms with Crippen molar-refractivity contribution in [2.24, 2.45) is 5.92 Å². The Kier molecular flexibility index (Phi) is 3.36. The molecule has 5 nitrogen and oxygen atoms in total. The number of aromatic nitrogens is 2. The van der Waals surface area contributed by atoms with Gasteiger partial charge in [0.05, 0.1) is 0 Å². The molecule has 18 heavy (non-hydrogen) atoms. The summed E-state index contributed by atoms with van der Waals surface area (Å²) in [7, 11) is 0. The number of hydrogen-bond donors (Lipinski definition) is 1. The van der Waals surface area contributed by atoms with Crippen LogP contribution in [-0.2, 0) is 4.79 Å². The van der Waals surface area contributed by atoms with Crippen LogP contribution in [0.2, 0.25) is 0 Å². The van der Waals surface area contributed by atoms with Crippen molar-refractivity contribution in [2.45, 2.75) is 13.8 Å². The zero-order valence-electron chi connectivity index (χ0n) is 9.98. The van der Waals surface area contributed by atoms with Crippen molar-refractivity contribution >= 4 is 11.7 Å². The third kappa shape index (κ3) is 2.53. The minimum Gasteiger partial charge on any atom is -0.306 e. The highest BCUT2D eigenvalue weighted by atomic mass is 19.1. The number of carbonyl (C=O) groups excluding carboxylic acids is 1. The van der Waals surface area contributed by atoms with Gasteiger partial charge in [0.25, 0.3) is 0 Å². The fourth-order valence-corrected chi connectivity index (χ4v) is 1.33. The molecule has 94 valence electrons. The number of halogens is 1. The number of benzene rings is 1. The Morgan fingerprint density at radius 3 is 2.56 bits per heavy atom. The summed E-state index contributed by atoms with van der Waals surface area (Å²) in [5.74, 6) is -0.472. The van der Waals surface area contributed by atoms with Crippen molar-refractivity contribution < 1.29 is 13.8 Å². The molecule has 0 bridgehead atoms. The Labute approximate surface area is 103 Å². The molecule has 1 N–H and O–H groups in total. The van der Waals surface area contributed by atoms with E-state index in [1.807, 2.05) is 0 Å². The Balaban J connectivity index is 2.27. The van der Waals surface area contributed by atoms with E-state index in [9.17, 15) is 9.18 Å². The number of nitrogens with one attached hydrogen (secondary N) is 1. The summed E-state index contributed by atoms with van der Waals surface area (Å²) in [6.45, 7) is 3.53. The van der Waals surface area contributed by atoms with Crippen LogP contribution in [0, 0.1) is 11.7 Å². The van der Waals surface area contributed by atoms with Crippen molar-refractivity contribution in [2.75, 3.05) is 5.32 Å². The summed E-state index contributed by atoms with van der Waals surface area (Å²) in [5, 5.41) is 9.93. The molecule has 2 rings (SSSR count). The second-order valence-electron chi connectivity index (χ2n) is 4.11. The molecule has 1 aromatic heterocycles. The zero-order chi connectivity index (χ0) is 13.1. The maximum atomic E-state index is 12.8. The summed E-state index contributed by atoms with van der Waals surface area (Å²) in [4.78, 5) is 11.6. The molecule has 0 saturated carbocycles. The lowest BCUT2D eigenvalue weighted by Gasteiger charge is -2.05. The molecule has 0 saturated heterocycles. The molecule has 0 fully saturated rings. The van der Waals surface area contributed by atoms with Gasteiger partial charge in [-0.2, -0.15) is 0 Å². The van der Waals surface area contributed by atoms with Gasteiger partial charge in [-0.1, -0.05) is 13.8 Å². The Morgan fingerprint density at radius 1 is 1.28 bits per heavy atom. The lowest BCUT2D eigenvalue weighted by Crippen LogP contribution is -2.18. The van der Waals surface area contributed by atoms with Crippen LogP contribution in [0.4, 0.5) is 10.2 Å². The quantitative estimate of drug-likeness (QED) is 0.907. The molecular formula is C12H12FN3O2. The maximum absolute atomic E-state index is 12.8. The molecule has 1 aromatic carbocycles. The van der Waals surface area contributed by atoms with Crippen molar-refractivity contribution in [3.63, 3.8) is 0 Å². The fraction of sp³-hybridized carbons (Fsp3) is 0.250. The molecule has 0 unspecified atom stereocenters. The van der Waals surface area contributed by atoms with E-state index in [-0.39, 0.29) is 23.5 Å². The van der Waals surface area contributed by atoms with Gasteiger partial charge in [-0.15, -0.1) is 0 Å². The SMILES string of the molecule is CC(C)C(=O)Nc1nonc1-c1ccc(F)cc1. The summed E-state index contributed by atoms with van der Waals surface area (Å²) in [5.41, 5.74) is 1.00. The second-order valence-corrected chi connectivity index (χ2v) is 4.11. The van der Waals surface area contributed by atoms with E-state index in [1.165, 1.54) is 12.1 Å². The van der Waals surface area contributed by atoms with E-state index < -0.39 is 0 Å². The van der Waals surface area contributed by atoms with Gasteiger partial charge in [-0.25, -0.2) is 9.02 Å². The average molecular weight is 249 g/mol. The third-order valence-electron chi connectivity index (χ3n) is 2.37. The molecule has 0 aliphatic carbocycles. The molecule has 0 spiro atoms. The normalized spacial score (nSPS) is 10.7. The first-order valence-corrected chi connectivity index (χ1v) is 5.47. The molecular weight excluding hydrogens is 237 g/mol. The van der Waals surface area contributed by atoms with Crippen LogP contribution in [0.5, 0.6) is 0 Å². The smallest absolute Gasteiger partial charge is 0.228 e. The van der Waals surface area contributed by atoms with Crippen LogP contribution < -0.4 is 5.32 Å². The van der Waals surface area contributed by atoms with Crippen molar-refractivity contribution in [3.8, 4) is 11.3 Å². The van der Waals surface area contributed by atoms with Crippen LogP contribution >= 0.6 is 0 Å². The number of anilines is 1. The number of carbonyl (C=O) groups is 1. The van der Waals surface area contributed by atoms with Gasteiger partial charge >= 0.3 is 0 Å². The average Bonchev–Trinajstić information content (AvgIpc) is 2.78. The molecule has 2 aromatic rings. The number of nitrogens with zero attached hydrogens (tertiary/aromatic N) is 2. The molecule has 0 atom stereocenters. The lowest BCUT2D eigenvalue weighted by molar-refractivity contribution is -0.118. The van der Waals surface area contributed by atoms with Crippen LogP contribution in [-0.4, -0.2) is 16.2 Å². The summed E-state index contributed by atoms with van der Waals surface area (Å²) in [6.07, 6.45) is 0. The van der Waals surface area contributed by atoms with Gasteiger partial charge in [0, 0.05) is 11.5 Å². The Morgan fingerprint density at radius 2 is 1.94 bits per heavy atom. The fourth-order valence-electron chi connectivity index (χ4n) is 1.33. The molecule has 1 heterocycles. The monoisotopic (exact) mass is 249 g/mol. The van der Waals surface area contributed by atoms with Crippen LogP contribution in [0.3, 0.4) is 0 Å². The van der Waals surface area contributed by atoms with Crippen LogP contribution in [0.25, 0.3) is 11.3 Å². The van der Waals surface area contributed by atoms with E-state index in [1.54, 1.807) is 26.0 Å². The van der Waals surface area contributed by atoms with Crippen LogP contribution in [0.15, 0.2) is 28.9 Å². The highest BCUT2D eigenvalue weighted by Gasteiger charge is 2.16. The van der Waals surface area contributed by atoms with E-state index >= 15 is 0 Å². The standard InChI is InChI=1S/C12H12FN3O2/c1-7(2)12(17)14-11-10(15-18-16-11)8-3-5-9(13)6-4-8/h3-7H,1-2H3,(H,14,16,17). The van der Waals surface area contributed by atoms with Gasteiger partial charge < -0.3 is 5.32 Å². The van der Waals surface area contributed by atoms with E-state index in [0.717, 1.165) is 0 Å². The van der Waals surface area contributed by atoms with Gasteiger partial charge in [0.2, 0.25) is 11.7 Å². The van der Waals surface area contributed by atoms with E-state index in [4.69, 9.17) is 0 Å². The van der Waals surface area contributed by atoms with Gasteiger partial charge in [-0.3, -0.25) is 4.79 Å². The second kappa shape index (κ2) is 4.95. The molecule has 0 radical (unpaired) electrons. The topological polar surface area (TPSA) is 68.0 Å². The number of hydrogen-bond acceptors (Lipinski definition) is 4. The van der Waals surface area contributed by atoms with Crippen molar-refractivity contribution in [3.05, 3.63) is 30.1 Å². The summed E-state index contributed by atoms with van der Waals surface area (Å²) >= 11 is 0. The number of amides is 1. The van der Waals surface area contributed by atoms with Gasteiger partial charge in [-0.05, 0) is 34.6 Å². The zero-order valence-corrected chi connectivity index (χ0v) is 9.98.